The van der Waals surface area contributed by atoms with Crippen molar-refractivity contribution in [3.05, 3.63) is 79.5 Å². The first-order chi connectivity index (χ1) is 16.2. The molecule has 1 aliphatic rings. The Labute approximate surface area is 190 Å². The average Bonchev–Trinajstić information content (AvgIpc) is 3.61. The van der Waals surface area contributed by atoms with Crippen molar-refractivity contribution < 1.29 is 0 Å². The fraction of sp³-hybridized carbons (Fsp3) is 0.167. The van der Waals surface area contributed by atoms with E-state index < -0.39 is 0 Å². The van der Waals surface area contributed by atoms with Crippen LogP contribution in [0, 0.1) is 0 Å². The zero-order chi connectivity index (χ0) is 22.2. The van der Waals surface area contributed by atoms with Crippen molar-refractivity contribution in [3.8, 4) is 16.9 Å². The highest BCUT2D eigenvalue weighted by Gasteiger charge is 2.17. The summed E-state index contributed by atoms with van der Waals surface area (Å²) in [6.07, 6.45) is 16.4. The number of fused-ring (bicyclic) bond motifs is 1. The molecule has 5 heterocycles. The lowest BCUT2D eigenvalue weighted by molar-refractivity contribution is 0.736. The number of hydrogen-bond donors (Lipinski definition) is 2. The molecule has 9 nitrogen and oxygen atoms in total. The summed E-state index contributed by atoms with van der Waals surface area (Å²) in [5.74, 6) is 0.720. The molecule has 6 rings (SSSR count). The van der Waals surface area contributed by atoms with Gasteiger partial charge < -0.3 is 15.2 Å². The predicted octanol–water partition coefficient (Wildman–Crippen LogP) is 3.44. The summed E-state index contributed by atoms with van der Waals surface area (Å²) < 4.78 is 5.87. The van der Waals surface area contributed by atoms with Crippen LogP contribution in [-0.2, 0) is 7.05 Å². The zero-order valence-electron chi connectivity index (χ0n) is 18.2. The van der Waals surface area contributed by atoms with Gasteiger partial charge in [0.05, 0.1) is 30.1 Å². The fourth-order valence-corrected chi connectivity index (χ4v) is 4.11. The van der Waals surface area contributed by atoms with E-state index in [2.05, 4.69) is 37.4 Å². The topological polar surface area (TPSA) is 89.9 Å². The molecule has 0 bridgehead atoms. The molecule has 2 N–H and O–H groups in total. The molecule has 0 fully saturated rings. The van der Waals surface area contributed by atoms with Crippen molar-refractivity contribution in [3.63, 3.8) is 0 Å². The molecule has 0 spiro atoms. The van der Waals surface area contributed by atoms with Gasteiger partial charge >= 0.3 is 0 Å². The van der Waals surface area contributed by atoms with Crippen molar-refractivity contribution in [1.82, 2.24) is 39.0 Å². The molecule has 0 aliphatic carbocycles. The normalized spacial score (nSPS) is 13.9. The van der Waals surface area contributed by atoms with Crippen LogP contribution in [0.2, 0.25) is 0 Å². The minimum absolute atomic E-state index is 0.720. The number of benzene rings is 1. The van der Waals surface area contributed by atoms with Crippen LogP contribution in [0.15, 0.2) is 73.8 Å². The Morgan fingerprint density at radius 2 is 2.00 bits per heavy atom. The van der Waals surface area contributed by atoms with Gasteiger partial charge in [-0.05, 0) is 42.8 Å². The van der Waals surface area contributed by atoms with Crippen LogP contribution in [0.4, 0.5) is 11.5 Å². The van der Waals surface area contributed by atoms with Crippen LogP contribution >= 0.6 is 0 Å². The van der Waals surface area contributed by atoms with E-state index >= 15 is 0 Å². The summed E-state index contributed by atoms with van der Waals surface area (Å²) in [6.45, 7) is 1.80. The number of imidazole rings is 2. The molecule has 5 aromatic rings. The van der Waals surface area contributed by atoms with E-state index in [0.717, 1.165) is 59.3 Å². The van der Waals surface area contributed by atoms with E-state index in [1.165, 1.54) is 5.57 Å². The summed E-state index contributed by atoms with van der Waals surface area (Å²) in [5, 5.41) is 11.2. The van der Waals surface area contributed by atoms with Gasteiger partial charge in [-0.1, -0.05) is 6.08 Å². The first-order valence-corrected chi connectivity index (χ1v) is 10.9. The Morgan fingerprint density at radius 1 is 1.09 bits per heavy atom. The van der Waals surface area contributed by atoms with Gasteiger partial charge in [0.15, 0.2) is 11.5 Å². The number of anilines is 2. The molecular weight excluding hydrogens is 414 g/mol. The second-order valence-electron chi connectivity index (χ2n) is 8.04. The van der Waals surface area contributed by atoms with Crippen molar-refractivity contribution >= 4 is 22.7 Å². The molecule has 0 saturated heterocycles. The van der Waals surface area contributed by atoms with Crippen LogP contribution in [0.5, 0.6) is 0 Å². The van der Waals surface area contributed by atoms with Gasteiger partial charge in [0, 0.05) is 55.3 Å². The Morgan fingerprint density at radius 3 is 2.73 bits per heavy atom. The maximum absolute atomic E-state index is 4.98. The zero-order valence-corrected chi connectivity index (χ0v) is 18.2. The maximum Gasteiger partial charge on any atom is 0.180 e. The van der Waals surface area contributed by atoms with Gasteiger partial charge in [0.25, 0.3) is 0 Å². The third-order valence-corrected chi connectivity index (χ3v) is 5.82. The van der Waals surface area contributed by atoms with Crippen molar-refractivity contribution in [1.29, 1.82) is 0 Å². The average molecular weight is 438 g/mol. The smallest absolute Gasteiger partial charge is 0.180 e. The number of hydrogen-bond acceptors (Lipinski definition) is 6. The van der Waals surface area contributed by atoms with Gasteiger partial charge in [-0.3, -0.25) is 9.08 Å². The quantitative estimate of drug-likeness (QED) is 0.438. The van der Waals surface area contributed by atoms with E-state index in [0.29, 0.717) is 0 Å². The van der Waals surface area contributed by atoms with E-state index in [-0.39, 0.29) is 0 Å². The number of aryl methyl sites for hydroxylation is 1. The third-order valence-electron chi connectivity index (χ3n) is 5.82. The molecule has 33 heavy (non-hydrogen) atoms. The molecule has 0 saturated carbocycles. The summed E-state index contributed by atoms with van der Waals surface area (Å²) in [4.78, 5) is 13.8. The van der Waals surface area contributed by atoms with E-state index in [1.807, 2.05) is 60.7 Å². The van der Waals surface area contributed by atoms with Crippen LogP contribution in [0.3, 0.4) is 0 Å². The Bertz CT molecular complexity index is 1440. The Balaban J connectivity index is 1.43. The molecule has 0 atom stereocenters. The van der Waals surface area contributed by atoms with Crippen LogP contribution in [-0.4, -0.2) is 46.8 Å². The monoisotopic (exact) mass is 437 g/mol. The molecule has 164 valence electrons. The first kappa shape index (κ1) is 19.4. The predicted molar refractivity (Wildman–Crippen MR) is 127 cm³/mol. The second-order valence-corrected chi connectivity index (χ2v) is 8.04. The molecule has 0 radical (unpaired) electrons. The molecule has 0 amide bonds. The third kappa shape index (κ3) is 3.68. The van der Waals surface area contributed by atoms with Gasteiger partial charge in [-0.15, -0.1) is 0 Å². The van der Waals surface area contributed by atoms with Gasteiger partial charge in [0.1, 0.15) is 0 Å². The number of rotatable bonds is 5. The Kier molecular flexibility index (Phi) is 4.73. The van der Waals surface area contributed by atoms with Crippen molar-refractivity contribution in [2.45, 2.75) is 6.42 Å². The lowest BCUT2D eigenvalue weighted by Crippen LogP contribution is -2.20. The van der Waals surface area contributed by atoms with Gasteiger partial charge in [-0.25, -0.2) is 15.0 Å². The lowest BCUT2D eigenvalue weighted by atomic mass is 10.1. The number of nitrogens with zero attached hydrogens (tertiary/aromatic N) is 7. The standard InChI is InChI=1S/C24H23N9/c1-31-14-18(12-28-31)22-13-27-24-23(30-21(15-33(22)24)17-6-8-25-9-7-17)29-19-2-4-20(5-3-19)32-11-10-26-16-32/h2-6,10-16,25H,7-9H2,1H3,(H,29,30). The first-order valence-electron chi connectivity index (χ1n) is 10.9. The summed E-state index contributed by atoms with van der Waals surface area (Å²) >= 11 is 0. The summed E-state index contributed by atoms with van der Waals surface area (Å²) in [6, 6.07) is 8.17. The number of nitrogens with one attached hydrogen (secondary N) is 2. The minimum Gasteiger partial charge on any atom is -0.337 e. The second kappa shape index (κ2) is 8.03. The fourth-order valence-electron chi connectivity index (χ4n) is 4.11. The molecule has 0 unspecified atom stereocenters. The van der Waals surface area contributed by atoms with Gasteiger partial charge in [0.2, 0.25) is 0 Å². The highest BCUT2D eigenvalue weighted by molar-refractivity contribution is 5.77. The Hall–Kier alpha value is -4.24. The molecular formula is C24H23N9. The van der Waals surface area contributed by atoms with Crippen LogP contribution < -0.4 is 10.6 Å². The largest absolute Gasteiger partial charge is 0.337 e. The van der Waals surface area contributed by atoms with Gasteiger partial charge in [-0.2, -0.15) is 5.10 Å². The van der Waals surface area contributed by atoms with Crippen LogP contribution in [0.1, 0.15) is 12.1 Å². The van der Waals surface area contributed by atoms with E-state index in [9.17, 15) is 0 Å². The number of aromatic nitrogens is 7. The highest BCUT2D eigenvalue weighted by atomic mass is 15.2. The maximum atomic E-state index is 4.98. The van der Waals surface area contributed by atoms with E-state index in [4.69, 9.17) is 9.97 Å². The lowest BCUT2D eigenvalue weighted by Gasteiger charge is -2.16. The molecule has 1 aromatic carbocycles. The van der Waals surface area contributed by atoms with Crippen molar-refractivity contribution in [2.24, 2.45) is 7.05 Å². The van der Waals surface area contributed by atoms with Crippen LogP contribution in [0.25, 0.3) is 28.2 Å². The molecule has 9 heteroatoms. The van der Waals surface area contributed by atoms with E-state index in [1.54, 1.807) is 17.2 Å². The molecule has 4 aromatic heterocycles. The minimum atomic E-state index is 0.720. The van der Waals surface area contributed by atoms with Crippen molar-refractivity contribution in [2.75, 3.05) is 18.4 Å². The highest BCUT2D eigenvalue weighted by Crippen LogP contribution is 2.29. The summed E-state index contributed by atoms with van der Waals surface area (Å²) in [5.41, 5.74) is 6.93. The SMILES string of the molecule is Cn1cc(-c2cnc3c(Nc4ccc(-n5ccnc5)cc4)nc(C4=CCNCC4)cn23)cn1. The molecule has 1 aliphatic heterocycles. The summed E-state index contributed by atoms with van der Waals surface area (Å²) in [7, 11) is 1.92.